The molecule has 0 radical (unpaired) electrons. The van der Waals surface area contributed by atoms with Crippen molar-refractivity contribution < 1.29 is 13.6 Å². The molecule has 1 saturated heterocycles. The zero-order valence-corrected chi connectivity index (χ0v) is 15.9. The van der Waals surface area contributed by atoms with Gasteiger partial charge in [0, 0.05) is 32.2 Å². The zero-order chi connectivity index (χ0) is 19.1. The number of thiazole rings is 1. The number of nitrogens with zero attached hydrogens (tertiary/aromatic N) is 3. The first-order valence-electron chi connectivity index (χ1n) is 8.80. The third-order valence-electron chi connectivity index (χ3n) is 4.93. The number of piperazine rings is 1. The van der Waals surface area contributed by atoms with Crippen LogP contribution in [0.15, 0.2) is 30.3 Å². The van der Waals surface area contributed by atoms with Gasteiger partial charge in [-0.05, 0) is 37.1 Å². The van der Waals surface area contributed by atoms with Gasteiger partial charge in [-0.3, -0.25) is 4.79 Å². The third-order valence-corrected chi connectivity index (χ3v) is 6.18. The molecule has 2 aromatic carbocycles. The summed E-state index contributed by atoms with van der Waals surface area (Å²) in [6, 6.07) is 7.24. The lowest BCUT2D eigenvalue weighted by Crippen LogP contribution is -2.49. The Labute approximate surface area is 160 Å². The summed E-state index contributed by atoms with van der Waals surface area (Å²) in [6.07, 6.45) is 0. The second-order valence-corrected chi connectivity index (χ2v) is 7.75. The molecule has 1 aromatic heterocycles. The van der Waals surface area contributed by atoms with Crippen molar-refractivity contribution in [3.05, 3.63) is 58.7 Å². The number of benzene rings is 2. The van der Waals surface area contributed by atoms with Gasteiger partial charge in [-0.15, -0.1) is 0 Å². The van der Waals surface area contributed by atoms with Crippen molar-refractivity contribution in [2.45, 2.75) is 13.8 Å². The van der Waals surface area contributed by atoms with Crippen molar-refractivity contribution in [2.24, 2.45) is 0 Å². The summed E-state index contributed by atoms with van der Waals surface area (Å²) in [5.41, 5.74) is 3.30. The monoisotopic (exact) mass is 387 g/mol. The van der Waals surface area contributed by atoms with Gasteiger partial charge in [-0.2, -0.15) is 0 Å². The van der Waals surface area contributed by atoms with Crippen molar-refractivity contribution in [1.82, 2.24) is 9.88 Å². The molecule has 7 heteroatoms. The molecule has 0 unspecified atom stereocenters. The SMILES string of the molecule is Cc1ccc(C)c2sc(N3CCN(C(=O)c4ccc(F)cc4F)CC3)nc12. The minimum atomic E-state index is -0.820. The maximum atomic E-state index is 13.9. The molecular weight excluding hydrogens is 368 g/mol. The largest absolute Gasteiger partial charge is 0.345 e. The van der Waals surface area contributed by atoms with Crippen molar-refractivity contribution in [1.29, 1.82) is 0 Å². The minimum absolute atomic E-state index is 0.0870. The first-order chi connectivity index (χ1) is 12.9. The van der Waals surface area contributed by atoms with Crippen molar-refractivity contribution in [2.75, 3.05) is 31.1 Å². The summed E-state index contributed by atoms with van der Waals surface area (Å²) in [6.45, 7) is 6.35. The van der Waals surface area contributed by atoms with Crippen molar-refractivity contribution in [3.63, 3.8) is 0 Å². The molecule has 0 aliphatic carbocycles. The van der Waals surface area contributed by atoms with E-state index >= 15 is 0 Å². The quantitative estimate of drug-likeness (QED) is 0.663. The van der Waals surface area contributed by atoms with Gasteiger partial charge in [-0.25, -0.2) is 13.8 Å². The number of rotatable bonds is 2. The lowest BCUT2D eigenvalue weighted by Gasteiger charge is -2.34. The smallest absolute Gasteiger partial charge is 0.256 e. The number of hydrogen-bond donors (Lipinski definition) is 0. The molecular formula is C20H19F2N3OS. The molecule has 0 bridgehead atoms. The van der Waals surface area contributed by atoms with Crippen LogP contribution in [0.4, 0.5) is 13.9 Å². The first-order valence-corrected chi connectivity index (χ1v) is 9.61. The zero-order valence-electron chi connectivity index (χ0n) is 15.1. The fraction of sp³-hybridized carbons (Fsp3) is 0.300. The molecule has 1 aliphatic heterocycles. The van der Waals surface area contributed by atoms with E-state index in [1.165, 1.54) is 16.3 Å². The Morgan fingerprint density at radius 3 is 2.41 bits per heavy atom. The van der Waals surface area contributed by atoms with Crippen LogP contribution in [0.5, 0.6) is 0 Å². The number of halogens is 2. The van der Waals surface area contributed by atoms with Crippen molar-refractivity contribution >= 4 is 32.6 Å². The van der Waals surface area contributed by atoms with Gasteiger partial charge in [0.2, 0.25) is 0 Å². The van der Waals surface area contributed by atoms with E-state index in [0.29, 0.717) is 26.2 Å². The number of hydrogen-bond acceptors (Lipinski definition) is 4. The number of amides is 1. The van der Waals surface area contributed by atoms with Gasteiger partial charge in [0.05, 0.1) is 15.8 Å². The fourth-order valence-corrected chi connectivity index (χ4v) is 4.48. The Kier molecular flexibility index (Phi) is 4.55. The number of aromatic nitrogens is 1. The second-order valence-electron chi connectivity index (χ2n) is 6.78. The van der Waals surface area contributed by atoms with E-state index in [0.717, 1.165) is 28.3 Å². The highest BCUT2D eigenvalue weighted by Crippen LogP contribution is 2.33. The Morgan fingerprint density at radius 2 is 1.74 bits per heavy atom. The molecule has 1 fully saturated rings. The third kappa shape index (κ3) is 3.27. The molecule has 0 spiro atoms. The van der Waals surface area contributed by atoms with E-state index in [2.05, 4.69) is 30.9 Å². The van der Waals surface area contributed by atoms with Gasteiger partial charge < -0.3 is 9.80 Å². The van der Waals surface area contributed by atoms with Gasteiger partial charge >= 0.3 is 0 Å². The van der Waals surface area contributed by atoms with E-state index in [1.54, 1.807) is 16.2 Å². The molecule has 0 saturated carbocycles. The van der Waals surface area contributed by atoms with Gasteiger partial charge in [-0.1, -0.05) is 23.5 Å². The summed E-state index contributed by atoms with van der Waals surface area (Å²) >= 11 is 1.66. The Hall–Kier alpha value is -2.54. The summed E-state index contributed by atoms with van der Waals surface area (Å²) in [5.74, 6) is -1.90. The maximum Gasteiger partial charge on any atom is 0.256 e. The Morgan fingerprint density at radius 1 is 1.04 bits per heavy atom. The minimum Gasteiger partial charge on any atom is -0.345 e. The highest BCUT2D eigenvalue weighted by atomic mass is 32.1. The molecule has 140 valence electrons. The summed E-state index contributed by atoms with van der Waals surface area (Å²) < 4.78 is 28.1. The van der Waals surface area contributed by atoms with E-state index in [1.807, 2.05) is 0 Å². The summed E-state index contributed by atoms with van der Waals surface area (Å²) in [7, 11) is 0. The van der Waals surface area contributed by atoms with E-state index in [4.69, 9.17) is 4.98 Å². The fourth-order valence-electron chi connectivity index (χ4n) is 3.32. The Balaban J connectivity index is 1.50. The second kappa shape index (κ2) is 6.88. The van der Waals surface area contributed by atoms with Crippen LogP contribution in [0.25, 0.3) is 10.2 Å². The molecule has 27 heavy (non-hydrogen) atoms. The van der Waals surface area contributed by atoms with Crippen LogP contribution in [0.1, 0.15) is 21.5 Å². The highest BCUT2D eigenvalue weighted by molar-refractivity contribution is 7.22. The van der Waals surface area contributed by atoms with Crippen LogP contribution < -0.4 is 4.90 Å². The number of carbonyl (C=O) groups is 1. The predicted octanol–water partition coefficient (Wildman–Crippen LogP) is 4.15. The molecule has 2 heterocycles. The van der Waals surface area contributed by atoms with Crippen LogP contribution in [-0.4, -0.2) is 42.0 Å². The van der Waals surface area contributed by atoms with Crippen LogP contribution in [-0.2, 0) is 0 Å². The maximum absolute atomic E-state index is 13.9. The lowest BCUT2D eigenvalue weighted by molar-refractivity contribution is 0.0742. The first kappa shape index (κ1) is 17.9. The number of anilines is 1. The van der Waals surface area contributed by atoms with Crippen LogP contribution in [0.3, 0.4) is 0 Å². The molecule has 1 amide bonds. The molecule has 0 N–H and O–H groups in total. The van der Waals surface area contributed by atoms with E-state index < -0.39 is 17.5 Å². The highest BCUT2D eigenvalue weighted by Gasteiger charge is 2.26. The topological polar surface area (TPSA) is 36.4 Å². The number of fused-ring (bicyclic) bond motifs is 1. The summed E-state index contributed by atoms with van der Waals surface area (Å²) in [5, 5.41) is 0.947. The summed E-state index contributed by atoms with van der Waals surface area (Å²) in [4.78, 5) is 21.1. The molecule has 0 atom stereocenters. The average Bonchev–Trinajstić information content (AvgIpc) is 3.11. The van der Waals surface area contributed by atoms with Gasteiger partial charge in [0.25, 0.3) is 5.91 Å². The normalized spacial score (nSPS) is 14.8. The van der Waals surface area contributed by atoms with Crippen LogP contribution >= 0.6 is 11.3 Å². The van der Waals surface area contributed by atoms with Gasteiger partial charge in [0.1, 0.15) is 11.6 Å². The number of aryl methyl sites for hydroxylation is 2. The Bertz CT molecular complexity index is 986. The predicted molar refractivity (Wildman–Crippen MR) is 104 cm³/mol. The van der Waals surface area contributed by atoms with Crippen LogP contribution in [0.2, 0.25) is 0 Å². The van der Waals surface area contributed by atoms with Crippen LogP contribution in [0, 0.1) is 25.5 Å². The molecule has 4 rings (SSSR count). The number of carbonyl (C=O) groups excluding carboxylic acids is 1. The lowest BCUT2D eigenvalue weighted by atomic mass is 10.1. The van der Waals surface area contributed by atoms with E-state index in [-0.39, 0.29) is 5.56 Å². The molecule has 4 nitrogen and oxygen atoms in total. The molecule has 3 aromatic rings. The average molecular weight is 387 g/mol. The van der Waals surface area contributed by atoms with Crippen molar-refractivity contribution in [3.8, 4) is 0 Å². The van der Waals surface area contributed by atoms with Gasteiger partial charge in [0.15, 0.2) is 5.13 Å². The standard InChI is InChI=1S/C20H19F2N3OS/c1-12-3-4-13(2)18-17(12)23-20(27-18)25-9-7-24(8-10-25)19(26)15-6-5-14(21)11-16(15)22/h3-6,11H,7-10H2,1-2H3. The van der Waals surface area contributed by atoms with E-state index in [9.17, 15) is 13.6 Å². The molecule has 1 aliphatic rings.